The number of halogens is 1. The van der Waals surface area contributed by atoms with Crippen molar-refractivity contribution >= 4 is 32.8 Å². The molecule has 0 saturated heterocycles. The van der Waals surface area contributed by atoms with Gasteiger partial charge in [-0.15, -0.1) is 0 Å². The molecule has 0 spiro atoms. The fourth-order valence-corrected chi connectivity index (χ4v) is 2.58. The van der Waals surface area contributed by atoms with E-state index >= 15 is 0 Å². The lowest BCUT2D eigenvalue weighted by Gasteiger charge is -2.09. The maximum atomic E-state index is 12.0. The molecule has 1 atom stereocenters. The number of nitrogens with one attached hydrogen (secondary N) is 1. The normalized spacial score (nSPS) is 12.6. The number of ether oxygens (including phenoxy) is 1. The molecule has 5 heteroatoms. The zero-order valence-corrected chi connectivity index (χ0v) is 12.5. The number of para-hydroxylation sites is 1. The Labute approximate surface area is 119 Å². The van der Waals surface area contributed by atoms with Gasteiger partial charge in [0.15, 0.2) is 0 Å². The van der Waals surface area contributed by atoms with E-state index in [1.54, 1.807) is 6.92 Å². The van der Waals surface area contributed by atoms with Crippen LogP contribution in [-0.4, -0.2) is 22.7 Å². The molecule has 0 radical (unpaired) electrons. The zero-order chi connectivity index (χ0) is 14.0. The summed E-state index contributed by atoms with van der Waals surface area (Å²) in [5.74, 6) is -0.437. The molecule has 19 heavy (non-hydrogen) atoms. The molecule has 0 aliphatic heterocycles. The molecule has 4 nitrogen and oxygen atoms in total. The van der Waals surface area contributed by atoms with Crippen LogP contribution < -0.4 is 0 Å². The van der Waals surface area contributed by atoms with Crippen molar-refractivity contribution in [3.05, 3.63) is 33.9 Å². The van der Waals surface area contributed by atoms with Crippen LogP contribution in [0.15, 0.2) is 22.7 Å². The Morgan fingerprint density at radius 1 is 1.47 bits per heavy atom. The summed E-state index contributed by atoms with van der Waals surface area (Å²) < 4.78 is 5.89. The quantitative estimate of drug-likeness (QED) is 0.845. The highest BCUT2D eigenvalue weighted by molar-refractivity contribution is 9.10. The Morgan fingerprint density at radius 3 is 2.84 bits per heavy atom. The standard InChI is InChI=1S/C14H16BrNO3/c1-3-10(17)11-8-6-5-7-9(15)12(8)16-13(11)14(18)19-4-2/h5-7,10,16-17H,3-4H2,1-2H3. The molecule has 0 saturated carbocycles. The Kier molecular flexibility index (Phi) is 4.27. The minimum absolute atomic E-state index is 0.303. The van der Waals surface area contributed by atoms with Crippen molar-refractivity contribution in [1.82, 2.24) is 4.98 Å². The monoisotopic (exact) mass is 325 g/mol. The topological polar surface area (TPSA) is 62.3 Å². The van der Waals surface area contributed by atoms with Crippen LogP contribution in [0.3, 0.4) is 0 Å². The Bertz CT molecular complexity index is 606. The molecule has 2 aromatic rings. The second kappa shape index (κ2) is 5.75. The van der Waals surface area contributed by atoms with Gasteiger partial charge >= 0.3 is 5.97 Å². The van der Waals surface area contributed by atoms with E-state index in [2.05, 4.69) is 20.9 Å². The summed E-state index contributed by atoms with van der Waals surface area (Å²) in [5, 5.41) is 11.0. The van der Waals surface area contributed by atoms with Gasteiger partial charge in [-0.2, -0.15) is 0 Å². The van der Waals surface area contributed by atoms with Crippen LogP contribution in [0.25, 0.3) is 10.9 Å². The summed E-state index contributed by atoms with van der Waals surface area (Å²) in [5.41, 5.74) is 1.74. The highest BCUT2D eigenvalue weighted by atomic mass is 79.9. The number of carbonyl (C=O) groups is 1. The van der Waals surface area contributed by atoms with E-state index in [0.29, 0.717) is 24.3 Å². The SMILES string of the molecule is CCOC(=O)c1[nH]c2c(Br)cccc2c1C(O)CC. The summed E-state index contributed by atoms with van der Waals surface area (Å²) in [6.07, 6.45) is -0.159. The number of aromatic nitrogens is 1. The highest BCUT2D eigenvalue weighted by Gasteiger charge is 2.23. The first kappa shape index (κ1) is 14.1. The van der Waals surface area contributed by atoms with Crippen molar-refractivity contribution in [2.75, 3.05) is 6.61 Å². The number of H-pyrrole nitrogens is 1. The minimum Gasteiger partial charge on any atom is -0.461 e. The van der Waals surface area contributed by atoms with Gasteiger partial charge in [0.2, 0.25) is 0 Å². The van der Waals surface area contributed by atoms with Crippen LogP contribution in [0.5, 0.6) is 0 Å². The second-order valence-electron chi connectivity index (χ2n) is 4.22. The summed E-state index contributed by atoms with van der Waals surface area (Å²) in [6.45, 7) is 3.93. The molecule has 1 aromatic carbocycles. The van der Waals surface area contributed by atoms with E-state index in [-0.39, 0.29) is 0 Å². The Hall–Kier alpha value is -1.33. The first-order valence-corrected chi connectivity index (χ1v) is 7.04. The van der Waals surface area contributed by atoms with E-state index < -0.39 is 12.1 Å². The number of carbonyl (C=O) groups excluding carboxylic acids is 1. The number of esters is 1. The van der Waals surface area contributed by atoms with E-state index in [1.807, 2.05) is 25.1 Å². The average Bonchev–Trinajstić information content (AvgIpc) is 2.79. The minimum atomic E-state index is -0.692. The van der Waals surface area contributed by atoms with Crippen molar-refractivity contribution < 1.29 is 14.6 Å². The van der Waals surface area contributed by atoms with Crippen molar-refractivity contribution in [2.24, 2.45) is 0 Å². The van der Waals surface area contributed by atoms with Gasteiger partial charge in [0.1, 0.15) is 5.69 Å². The number of hydrogen-bond acceptors (Lipinski definition) is 3. The molecule has 102 valence electrons. The van der Waals surface area contributed by atoms with Gasteiger partial charge in [0, 0.05) is 15.4 Å². The van der Waals surface area contributed by atoms with E-state index in [0.717, 1.165) is 15.4 Å². The molecular weight excluding hydrogens is 310 g/mol. The van der Waals surface area contributed by atoms with Crippen LogP contribution in [0.2, 0.25) is 0 Å². The van der Waals surface area contributed by atoms with Crippen LogP contribution in [0.4, 0.5) is 0 Å². The molecule has 0 aliphatic carbocycles. The van der Waals surface area contributed by atoms with Gasteiger partial charge < -0.3 is 14.8 Å². The lowest BCUT2D eigenvalue weighted by Crippen LogP contribution is -2.10. The van der Waals surface area contributed by atoms with Crippen molar-refractivity contribution in [2.45, 2.75) is 26.4 Å². The molecule has 1 aromatic heterocycles. The zero-order valence-electron chi connectivity index (χ0n) is 10.9. The molecule has 2 rings (SSSR count). The molecule has 0 amide bonds. The smallest absolute Gasteiger partial charge is 0.355 e. The first-order valence-electron chi connectivity index (χ1n) is 6.25. The number of hydrogen-bond donors (Lipinski definition) is 2. The third-order valence-electron chi connectivity index (χ3n) is 3.02. The third kappa shape index (κ3) is 2.53. The number of rotatable bonds is 4. The lowest BCUT2D eigenvalue weighted by molar-refractivity contribution is 0.0513. The maximum Gasteiger partial charge on any atom is 0.355 e. The predicted octanol–water partition coefficient (Wildman–Crippen LogP) is 3.55. The fraction of sp³-hybridized carbons (Fsp3) is 0.357. The van der Waals surface area contributed by atoms with Crippen LogP contribution in [0.1, 0.15) is 42.4 Å². The summed E-state index contributed by atoms with van der Waals surface area (Å²) in [4.78, 5) is 15.0. The number of benzene rings is 1. The molecule has 0 fully saturated rings. The van der Waals surface area contributed by atoms with Crippen LogP contribution in [-0.2, 0) is 4.74 Å². The first-order chi connectivity index (χ1) is 9.10. The average molecular weight is 326 g/mol. The van der Waals surface area contributed by atoms with Crippen molar-refractivity contribution in [1.29, 1.82) is 0 Å². The fourth-order valence-electron chi connectivity index (χ4n) is 2.12. The number of aliphatic hydroxyl groups excluding tert-OH is 1. The molecule has 1 heterocycles. The van der Waals surface area contributed by atoms with Gasteiger partial charge in [-0.05, 0) is 35.3 Å². The Morgan fingerprint density at radius 2 is 2.21 bits per heavy atom. The third-order valence-corrected chi connectivity index (χ3v) is 3.68. The molecule has 0 aliphatic rings. The van der Waals surface area contributed by atoms with Crippen LogP contribution >= 0.6 is 15.9 Å². The van der Waals surface area contributed by atoms with E-state index in [4.69, 9.17) is 4.74 Å². The van der Waals surface area contributed by atoms with Gasteiger partial charge in [-0.1, -0.05) is 19.1 Å². The Balaban J connectivity index is 2.68. The second-order valence-corrected chi connectivity index (χ2v) is 5.07. The molecule has 1 unspecified atom stereocenters. The molecule has 0 bridgehead atoms. The van der Waals surface area contributed by atoms with Crippen molar-refractivity contribution in [3.8, 4) is 0 Å². The highest BCUT2D eigenvalue weighted by Crippen LogP contribution is 2.33. The van der Waals surface area contributed by atoms with Gasteiger partial charge in [0.05, 0.1) is 18.2 Å². The largest absolute Gasteiger partial charge is 0.461 e. The van der Waals surface area contributed by atoms with E-state index in [9.17, 15) is 9.90 Å². The summed E-state index contributed by atoms with van der Waals surface area (Å²) >= 11 is 3.44. The molecule has 2 N–H and O–H groups in total. The van der Waals surface area contributed by atoms with Crippen molar-refractivity contribution in [3.63, 3.8) is 0 Å². The predicted molar refractivity (Wildman–Crippen MR) is 77.2 cm³/mol. The van der Waals surface area contributed by atoms with Gasteiger partial charge in [0.25, 0.3) is 0 Å². The maximum absolute atomic E-state index is 12.0. The van der Waals surface area contributed by atoms with E-state index in [1.165, 1.54) is 0 Å². The lowest BCUT2D eigenvalue weighted by atomic mass is 10.0. The van der Waals surface area contributed by atoms with Gasteiger partial charge in [-0.25, -0.2) is 4.79 Å². The number of fused-ring (bicyclic) bond motifs is 1. The number of aromatic amines is 1. The summed E-state index contributed by atoms with van der Waals surface area (Å²) in [7, 11) is 0. The summed E-state index contributed by atoms with van der Waals surface area (Å²) in [6, 6.07) is 5.64. The molecular formula is C14H16BrNO3. The van der Waals surface area contributed by atoms with Crippen LogP contribution in [0, 0.1) is 0 Å². The number of aliphatic hydroxyl groups is 1. The van der Waals surface area contributed by atoms with Gasteiger partial charge in [-0.3, -0.25) is 0 Å².